The van der Waals surface area contributed by atoms with Crippen LogP contribution in [0.4, 0.5) is 10.5 Å². The number of anilines is 1. The fraction of sp³-hybridized carbons (Fsp3) is 0.429. The molecule has 1 aromatic carbocycles. The minimum absolute atomic E-state index is 0. The average Bonchev–Trinajstić information content (AvgIpc) is 2.88. The molecule has 0 spiro atoms. The highest BCUT2D eigenvalue weighted by molar-refractivity contribution is 5.99. The Morgan fingerprint density at radius 3 is 2.76 bits per heavy atom. The molecule has 1 atom stereocenters. The summed E-state index contributed by atoms with van der Waals surface area (Å²) < 4.78 is 0. The number of hydrogen-bond donors (Lipinski definition) is 3. The van der Waals surface area contributed by atoms with Crippen LogP contribution < -0.4 is 16.4 Å². The molecule has 21 heavy (non-hydrogen) atoms. The van der Waals surface area contributed by atoms with E-state index in [4.69, 9.17) is 5.73 Å². The molecule has 1 fully saturated rings. The number of nitrogens with zero attached hydrogens (tertiary/aromatic N) is 1. The van der Waals surface area contributed by atoms with Crippen molar-refractivity contribution in [3.63, 3.8) is 0 Å². The number of benzene rings is 1. The van der Waals surface area contributed by atoms with E-state index < -0.39 is 0 Å². The maximum absolute atomic E-state index is 12.1. The minimum atomic E-state index is -0.189. The third-order valence-electron chi connectivity index (χ3n) is 3.34. The van der Waals surface area contributed by atoms with E-state index in [9.17, 15) is 9.59 Å². The predicted octanol–water partition coefficient (Wildman–Crippen LogP) is 1.22. The first-order valence-electron chi connectivity index (χ1n) is 6.80. The van der Waals surface area contributed by atoms with E-state index in [0.717, 1.165) is 6.42 Å². The average molecular weight is 313 g/mol. The molecule has 0 bridgehead atoms. The molecule has 0 saturated carbocycles. The molecule has 1 heterocycles. The first kappa shape index (κ1) is 17.1. The second kappa shape index (κ2) is 7.73. The van der Waals surface area contributed by atoms with Crippen molar-refractivity contribution >= 4 is 30.0 Å². The molecule has 0 radical (unpaired) electrons. The van der Waals surface area contributed by atoms with Gasteiger partial charge >= 0.3 is 6.03 Å². The fourth-order valence-electron chi connectivity index (χ4n) is 2.29. The second-order valence-electron chi connectivity index (χ2n) is 4.83. The van der Waals surface area contributed by atoms with Gasteiger partial charge in [-0.1, -0.05) is 12.1 Å². The summed E-state index contributed by atoms with van der Waals surface area (Å²) in [5.74, 6) is -0.189. The van der Waals surface area contributed by atoms with Gasteiger partial charge in [0.1, 0.15) is 0 Å². The zero-order valence-electron chi connectivity index (χ0n) is 12.0. The number of hydrogen-bond acceptors (Lipinski definition) is 3. The number of carbonyl (C=O) groups is 2. The number of likely N-dealkylation sites (tertiary alicyclic amines) is 1. The van der Waals surface area contributed by atoms with Crippen LogP contribution in [0, 0.1) is 0 Å². The third-order valence-corrected chi connectivity index (χ3v) is 3.34. The molecule has 1 saturated heterocycles. The van der Waals surface area contributed by atoms with Gasteiger partial charge in [-0.15, -0.1) is 12.4 Å². The van der Waals surface area contributed by atoms with Gasteiger partial charge in [0, 0.05) is 31.4 Å². The standard InChI is InChI=1S/C14H20N4O2.ClH/c1-2-16-14(20)18-8-7-10(9-18)17-13(19)11-5-3-4-6-12(11)15;/h3-6,10H,2,7-9,15H2,1H3,(H,16,20)(H,17,19);1H. The predicted molar refractivity (Wildman–Crippen MR) is 84.6 cm³/mol. The zero-order valence-corrected chi connectivity index (χ0v) is 12.8. The van der Waals surface area contributed by atoms with E-state index in [-0.39, 0.29) is 30.4 Å². The molecule has 3 amide bonds. The van der Waals surface area contributed by atoms with Crippen molar-refractivity contribution in [3.8, 4) is 0 Å². The Morgan fingerprint density at radius 2 is 2.10 bits per heavy atom. The highest BCUT2D eigenvalue weighted by Gasteiger charge is 2.27. The van der Waals surface area contributed by atoms with E-state index >= 15 is 0 Å². The summed E-state index contributed by atoms with van der Waals surface area (Å²) in [5.41, 5.74) is 6.71. The van der Waals surface area contributed by atoms with Crippen molar-refractivity contribution in [1.29, 1.82) is 0 Å². The number of nitrogens with one attached hydrogen (secondary N) is 2. The number of nitrogen functional groups attached to an aromatic ring is 1. The number of urea groups is 1. The Hall–Kier alpha value is -1.95. The highest BCUT2D eigenvalue weighted by Crippen LogP contribution is 2.13. The van der Waals surface area contributed by atoms with Gasteiger partial charge in [0.2, 0.25) is 0 Å². The maximum Gasteiger partial charge on any atom is 0.317 e. The smallest absolute Gasteiger partial charge is 0.317 e. The van der Waals surface area contributed by atoms with E-state index in [0.29, 0.717) is 30.9 Å². The summed E-state index contributed by atoms with van der Waals surface area (Å²) in [7, 11) is 0. The van der Waals surface area contributed by atoms with Crippen LogP contribution in [0.3, 0.4) is 0 Å². The molecule has 1 unspecified atom stereocenters. The molecular weight excluding hydrogens is 292 g/mol. The van der Waals surface area contributed by atoms with Gasteiger partial charge in [0.15, 0.2) is 0 Å². The SMILES string of the molecule is CCNC(=O)N1CCC(NC(=O)c2ccccc2N)C1.Cl. The number of rotatable bonds is 3. The molecule has 2 rings (SSSR count). The minimum Gasteiger partial charge on any atom is -0.398 e. The monoisotopic (exact) mass is 312 g/mol. The molecule has 0 aromatic heterocycles. The highest BCUT2D eigenvalue weighted by atomic mass is 35.5. The lowest BCUT2D eigenvalue weighted by Crippen LogP contribution is -2.42. The van der Waals surface area contributed by atoms with E-state index in [1.165, 1.54) is 0 Å². The summed E-state index contributed by atoms with van der Waals surface area (Å²) in [6.45, 7) is 3.67. The molecule has 7 heteroatoms. The summed E-state index contributed by atoms with van der Waals surface area (Å²) in [4.78, 5) is 25.5. The molecule has 1 aromatic rings. The molecule has 1 aliphatic rings. The molecule has 116 valence electrons. The van der Waals surface area contributed by atoms with Gasteiger partial charge in [-0.2, -0.15) is 0 Å². The van der Waals surface area contributed by atoms with Crippen LogP contribution >= 0.6 is 12.4 Å². The molecule has 1 aliphatic heterocycles. The second-order valence-corrected chi connectivity index (χ2v) is 4.83. The van der Waals surface area contributed by atoms with Gasteiger partial charge in [-0.05, 0) is 25.5 Å². The summed E-state index contributed by atoms with van der Waals surface area (Å²) in [6, 6.07) is 6.86. The molecule has 0 aliphatic carbocycles. The van der Waals surface area contributed by atoms with Crippen molar-refractivity contribution in [2.75, 3.05) is 25.4 Å². The van der Waals surface area contributed by atoms with Crippen LogP contribution in [0.5, 0.6) is 0 Å². The Bertz CT molecular complexity index is 510. The quantitative estimate of drug-likeness (QED) is 0.733. The number of halogens is 1. The Kier molecular flexibility index (Phi) is 6.30. The number of nitrogens with two attached hydrogens (primary N) is 1. The fourth-order valence-corrected chi connectivity index (χ4v) is 2.29. The lowest BCUT2D eigenvalue weighted by molar-refractivity contribution is 0.0939. The molecule has 6 nitrogen and oxygen atoms in total. The number of para-hydroxylation sites is 1. The van der Waals surface area contributed by atoms with Crippen molar-refractivity contribution in [3.05, 3.63) is 29.8 Å². The summed E-state index contributed by atoms with van der Waals surface area (Å²) in [6.07, 6.45) is 0.760. The van der Waals surface area contributed by atoms with Crippen LogP contribution in [0.1, 0.15) is 23.7 Å². The maximum atomic E-state index is 12.1. The summed E-state index contributed by atoms with van der Waals surface area (Å²) in [5, 5.41) is 5.68. The Labute approximate surface area is 130 Å². The topological polar surface area (TPSA) is 87.5 Å². The lowest BCUT2D eigenvalue weighted by atomic mass is 10.1. The van der Waals surface area contributed by atoms with Crippen molar-refractivity contribution < 1.29 is 9.59 Å². The largest absolute Gasteiger partial charge is 0.398 e. The van der Waals surface area contributed by atoms with Gasteiger partial charge < -0.3 is 21.3 Å². The van der Waals surface area contributed by atoms with E-state index in [1.54, 1.807) is 29.2 Å². The first-order valence-corrected chi connectivity index (χ1v) is 6.80. The van der Waals surface area contributed by atoms with Crippen LogP contribution in [0.25, 0.3) is 0 Å². The van der Waals surface area contributed by atoms with Gasteiger partial charge in [0.05, 0.1) is 5.56 Å². The number of carbonyl (C=O) groups excluding carboxylic acids is 2. The lowest BCUT2D eigenvalue weighted by Gasteiger charge is -2.17. The van der Waals surface area contributed by atoms with E-state index in [1.807, 2.05) is 6.92 Å². The van der Waals surface area contributed by atoms with Gasteiger partial charge in [-0.3, -0.25) is 4.79 Å². The van der Waals surface area contributed by atoms with E-state index in [2.05, 4.69) is 10.6 Å². The van der Waals surface area contributed by atoms with Crippen molar-refractivity contribution in [2.24, 2.45) is 0 Å². The summed E-state index contributed by atoms with van der Waals surface area (Å²) >= 11 is 0. The Balaban J connectivity index is 0.00000220. The molecular formula is C14H21ClN4O2. The Morgan fingerprint density at radius 1 is 1.38 bits per heavy atom. The van der Waals surface area contributed by atoms with Gasteiger partial charge in [-0.25, -0.2) is 4.79 Å². The number of amides is 3. The molecule has 4 N–H and O–H groups in total. The first-order chi connectivity index (χ1) is 9.61. The normalized spacial score (nSPS) is 17.0. The third kappa shape index (κ3) is 4.26. The van der Waals surface area contributed by atoms with Crippen molar-refractivity contribution in [2.45, 2.75) is 19.4 Å². The van der Waals surface area contributed by atoms with Gasteiger partial charge in [0.25, 0.3) is 5.91 Å². The van der Waals surface area contributed by atoms with Crippen LogP contribution in [0.15, 0.2) is 24.3 Å². The van der Waals surface area contributed by atoms with Crippen LogP contribution in [-0.4, -0.2) is 42.5 Å². The van der Waals surface area contributed by atoms with Crippen LogP contribution in [-0.2, 0) is 0 Å². The van der Waals surface area contributed by atoms with Crippen LogP contribution in [0.2, 0.25) is 0 Å². The van der Waals surface area contributed by atoms with Crippen molar-refractivity contribution in [1.82, 2.24) is 15.5 Å². The zero-order chi connectivity index (χ0) is 14.5.